The van der Waals surface area contributed by atoms with Crippen molar-refractivity contribution in [2.75, 3.05) is 0 Å². The first-order valence-electron chi connectivity index (χ1n) is 8.93. The first-order chi connectivity index (χ1) is 12.9. The van der Waals surface area contributed by atoms with Crippen molar-refractivity contribution in [2.45, 2.75) is 56.5 Å². The smallest absolute Gasteiger partial charge is 0.369 e. The number of hydrogen-bond acceptors (Lipinski definition) is 1. The molecule has 0 bridgehead atoms. The molecule has 0 saturated carbocycles. The monoisotopic (exact) mass is 404 g/mol. The number of halogens is 6. The van der Waals surface area contributed by atoms with Gasteiger partial charge in [-0.3, -0.25) is 0 Å². The highest BCUT2D eigenvalue weighted by Crippen LogP contribution is 2.50. The fourth-order valence-electron chi connectivity index (χ4n) is 3.38. The van der Waals surface area contributed by atoms with Gasteiger partial charge in [-0.2, -0.15) is 26.3 Å². The van der Waals surface area contributed by atoms with Crippen LogP contribution in [0.2, 0.25) is 0 Å². The summed E-state index contributed by atoms with van der Waals surface area (Å²) in [5, 5.41) is 9.62. The largest absolute Gasteiger partial charge is 0.430 e. The Bertz CT molecular complexity index is 752. The normalized spacial score (nSPS) is 15.3. The van der Waals surface area contributed by atoms with Crippen molar-refractivity contribution >= 4 is 0 Å². The maximum atomic E-state index is 13.1. The number of hydrogen-bond donors (Lipinski definition) is 1. The second-order valence-electron chi connectivity index (χ2n) is 6.98. The molecule has 0 aliphatic rings. The Kier molecular flexibility index (Phi) is 6.48. The number of benzene rings is 2. The molecule has 0 heterocycles. The van der Waals surface area contributed by atoms with Crippen LogP contribution in [0.4, 0.5) is 26.3 Å². The van der Waals surface area contributed by atoms with E-state index >= 15 is 0 Å². The molecule has 0 aliphatic carbocycles. The third-order valence-corrected chi connectivity index (χ3v) is 5.10. The van der Waals surface area contributed by atoms with Crippen LogP contribution in [0.15, 0.2) is 54.6 Å². The van der Waals surface area contributed by atoms with E-state index < -0.39 is 23.5 Å². The Labute approximate surface area is 160 Å². The summed E-state index contributed by atoms with van der Waals surface area (Å²) in [7, 11) is 0. The Balaban J connectivity index is 2.36. The van der Waals surface area contributed by atoms with E-state index in [1.165, 1.54) is 6.07 Å². The highest BCUT2D eigenvalue weighted by molar-refractivity contribution is 5.33. The topological polar surface area (TPSA) is 20.2 Å². The van der Waals surface area contributed by atoms with E-state index in [0.717, 1.165) is 24.1 Å². The second kappa shape index (κ2) is 8.15. The summed E-state index contributed by atoms with van der Waals surface area (Å²) >= 11 is 0. The fourth-order valence-corrected chi connectivity index (χ4v) is 3.38. The number of aliphatic hydroxyl groups is 1. The highest BCUT2D eigenvalue weighted by Gasteiger charge is 2.71. The average molecular weight is 404 g/mol. The molecule has 0 aliphatic heterocycles. The van der Waals surface area contributed by atoms with E-state index in [4.69, 9.17) is 0 Å². The number of rotatable bonds is 6. The Morgan fingerprint density at radius 2 is 1.36 bits per heavy atom. The average Bonchev–Trinajstić information content (AvgIpc) is 2.64. The third kappa shape index (κ3) is 4.35. The zero-order valence-electron chi connectivity index (χ0n) is 15.5. The van der Waals surface area contributed by atoms with E-state index in [9.17, 15) is 31.4 Å². The molecular weight excluding hydrogens is 382 g/mol. The van der Waals surface area contributed by atoms with Crippen LogP contribution in [0.5, 0.6) is 0 Å². The Hall–Kier alpha value is -2.02. The summed E-state index contributed by atoms with van der Waals surface area (Å²) in [5.74, 6) is -0.181. The quantitative estimate of drug-likeness (QED) is 0.532. The van der Waals surface area contributed by atoms with Gasteiger partial charge < -0.3 is 5.11 Å². The first-order valence-corrected chi connectivity index (χ1v) is 8.93. The zero-order valence-corrected chi connectivity index (χ0v) is 15.5. The predicted octanol–water partition coefficient (Wildman–Crippen LogP) is 6.69. The standard InChI is InChI=1S/C21H22F6O/c1-3-15(16-8-5-4-6-9-16)12-14(2)17-10-7-11-18(13-17)19(28,20(22,23)24)21(25,26)27/h4-11,13-15,28H,3,12H2,1-2H3. The third-order valence-electron chi connectivity index (χ3n) is 5.10. The van der Waals surface area contributed by atoms with Gasteiger partial charge in [0.25, 0.3) is 5.60 Å². The minimum Gasteiger partial charge on any atom is -0.369 e. The van der Waals surface area contributed by atoms with Crippen LogP contribution in [0.1, 0.15) is 55.2 Å². The van der Waals surface area contributed by atoms with Crippen molar-refractivity contribution in [1.29, 1.82) is 0 Å². The molecule has 1 N–H and O–H groups in total. The summed E-state index contributed by atoms with van der Waals surface area (Å²) in [6.07, 6.45) is -10.4. The van der Waals surface area contributed by atoms with Gasteiger partial charge in [0, 0.05) is 5.56 Å². The molecule has 7 heteroatoms. The fraction of sp³-hybridized carbons (Fsp3) is 0.429. The van der Waals surface area contributed by atoms with Gasteiger partial charge in [-0.1, -0.05) is 68.4 Å². The highest BCUT2D eigenvalue weighted by atomic mass is 19.4. The molecule has 28 heavy (non-hydrogen) atoms. The number of alkyl halides is 6. The van der Waals surface area contributed by atoms with Crippen molar-refractivity contribution in [1.82, 2.24) is 0 Å². The van der Waals surface area contributed by atoms with Crippen LogP contribution in [0, 0.1) is 0 Å². The molecule has 0 amide bonds. The molecule has 2 unspecified atom stereocenters. The van der Waals surface area contributed by atoms with Gasteiger partial charge in [0.2, 0.25) is 0 Å². The summed E-state index contributed by atoms with van der Waals surface area (Å²) in [6.45, 7) is 3.73. The molecule has 2 rings (SSSR count). The van der Waals surface area contributed by atoms with Crippen molar-refractivity contribution in [2.24, 2.45) is 0 Å². The zero-order chi connectivity index (χ0) is 21.2. The molecule has 0 spiro atoms. The molecule has 0 aromatic heterocycles. The summed E-state index contributed by atoms with van der Waals surface area (Å²) in [4.78, 5) is 0. The minimum atomic E-state index is -5.89. The van der Waals surface area contributed by atoms with Gasteiger partial charge in [0.1, 0.15) is 0 Å². The molecule has 2 aromatic rings. The lowest BCUT2D eigenvalue weighted by Crippen LogP contribution is -2.53. The molecule has 0 saturated heterocycles. The second-order valence-corrected chi connectivity index (χ2v) is 6.98. The van der Waals surface area contributed by atoms with Crippen LogP contribution >= 0.6 is 0 Å². The van der Waals surface area contributed by atoms with Crippen molar-refractivity contribution in [3.05, 3.63) is 71.3 Å². The van der Waals surface area contributed by atoms with Crippen LogP contribution in [0.3, 0.4) is 0 Å². The molecule has 154 valence electrons. The van der Waals surface area contributed by atoms with Gasteiger partial charge in [-0.05, 0) is 35.8 Å². The molecule has 2 atom stereocenters. The van der Waals surface area contributed by atoms with Crippen molar-refractivity contribution in [3.63, 3.8) is 0 Å². The minimum absolute atomic E-state index is 0.115. The molecule has 0 fully saturated rings. The summed E-state index contributed by atoms with van der Waals surface area (Å²) in [6, 6.07) is 13.6. The van der Waals surface area contributed by atoms with Crippen LogP contribution in [-0.4, -0.2) is 17.5 Å². The lowest BCUT2D eigenvalue weighted by molar-refractivity contribution is -0.376. The predicted molar refractivity (Wildman–Crippen MR) is 95.0 cm³/mol. The molecule has 1 nitrogen and oxygen atoms in total. The van der Waals surface area contributed by atoms with Gasteiger partial charge >= 0.3 is 12.4 Å². The lowest BCUT2D eigenvalue weighted by Gasteiger charge is -2.33. The van der Waals surface area contributed by atoms with E-state index in [1.807, 2.05) is 37.3 Å². The lowest BCUT2D eigenvalue weighted by atomic mass is 9.83. The van der Waals surface area contributed by atoms with Crippen LogP contribution < -0.4 is 0 Å². The van der Waals surface area contributed by atoms with Crippen molar-refractivity contribution in [3.8, 4) is 0 Å². The Morgan fingerprint density at radius 3 is 1.86 bits per heavy atom. The SMILES string of the molecule is CCC(CC(C)c1cccc(C(O)(C(F)(F)F)C(F)(F)F)c1)c1ccccc1. The van der Waals surface area contributed by atoms with Gasteiger partial charge in [0.05, 0.1) is 0 Å². The van der Waals surface area contributed by atoms with E-state index in [0.29, 0.717) is 18.1 Å². The summed E-state index contributed by atoms with van der Waals surface area (Å²) < 4.78 is 78.8. The van der Waals surface area contributed by atoms with Crippen LogP contribution in [-0.2, 0) is 5.60 Å². The maximum Gasteiger partial charge on any atom is 0.430 e. The molecular formula is C21H22F6O. The van der Waals surface area contributed by atoms with Gasteiger partial charge in [-0.25, -0.2) is 0 Å². The summed E-state index contributed by atoms with van der Waals surface area (Å²) in [5.41, 5.74) is -4.74. The maximum absolute atomic E-state index is 13.1. The van der Waals surface area contributed by atoms with E-state index in [2.05, 4.69) is 0 Å². The Morgan fingerprint density at radius 1 is 0.821 bits per heavy atom. The van der Waals surface area contributed by atoms with Crippen molar-refractivity contribution < 1.29 is 31.4 Å². The molecule has 2 aromatic carbocycles. The van der Waals surface area contributed by atoms with Gasteiger partial charge in [0.15, 0.2) is 0 Å². The van der Waals surface area contributed by atoms with Crippen LogP contribution in [0.25, 0.3) is 0 Å². The molecule has 0 radical (unpaired) electrons. The van der Waals surface area contributed by atoms with Gasteiger partial charge in [-0.15, -0.1) is 0 Å². The first kappa shape index (κ1) is 22.3. The van der Waals surface area contributed by atoms with E-state index in [1.54, 1.807) is 6.92 Å². The van der Waals surface area contributed by atoms with E-state index in [-0.39, 0.29) is 11.8 Å².